The predicted molar refractivity (Wildman–Crippen MR) is 247 cm³/mol. The number of carbonyl (C=O) groups is 2. The van der Waals surface area contributed by atoms with Crippen molar-refractivity contribution in [1.29, 1.82) is 0 Å². The van der Waals surface area contributed by atoms with Gasteiger partial charge in [0.1, 0.15) is 24.9 Å². The van der Waals surface area contributed by atoms with E-state index in [1.54, 1.807) is 0 Å². The molecule has 0 saturated carbocycles. The van der Waals surface area contributed by atoms with Gasteiger partial charge >= 0.3 is 5.69 Å². The van der Waals surface area contributed by atoms with Gasteiger partial charge in [0.2, 0.25) is 0 Å². The van der Waals surface area contributed by atoms with Crippen LogP contribution in [0.3, 0.4) is 0 Å². The van der Waals surface area contributed by atoms with Gasteiger partial charge in [0.15, 0.2) is 14.5 Å². The van der Waals surface area contributed by atoms with Gasteiger partial charge in [-0.25, -0.2) is 4.79 Å². The molecule has 1 N–H and O–H groups in total. The van der Waals surface area contributed by atoms with Gasteiger partial charge in [-0.3, -0.25) is 28.8 Å². The number of rotatable bonds is 35. The van der Waals surface area contributed by atoms with Crippen molar-refractivity contribution in [1.82, 2.24) is 14.6 Å². The number of amides is 2. The quantitative estimate of drug-likeness (QED) is 0.0406. The summed E-state index contributed by atoms with van der Waals surface area (Å²) in [5.74, 6) is -0.677. The average Bonchev–Trinajstić information content (AvgIpc) is 3.53. The molecule has 2 amide bonds. The highest BCUT2D eigenvalue weighted by Crippen LogP contribution is 2.42. The molecule has 348 valence electrons. The summed E-state index contributed by atoms with van der Waals surface area (Å²) >= 11 is 0. The number of nitrogens with zero attached hydrogens (tertiary/aromatic N) is 2. The van der Waals surface area contributed by atoms with Crippen molar-refractivity contribution >= 4 is 20.1 Å². The first-order valence-corrected chi connectivity index (χ1v) is 27.3. The van der Waals surface area contributed by atoms with Crippen molar-refractivity contribution < 1.29 is 28.3 Å². The van der Waals surface area contributed by atoms with Crippen LogP contribution in [-0.4, -0.2) is 66.8 Å². The highest BCUT2D eigenvalue weighted by Gasteiger charge is 2.52. The van der Waals surface area contributed by atoms with Crippen molar-refractivity contribution in [2.45, 2.75) is 257 Å². The maximum atomic E-state index is 13.8. The Bertz CT molecular complexity index is 1370. The van der Waals surface area contributed by atoms with Gasteiger partial charge in [0.25, 0.3) is 17.4 Å². The summed E-state index contributed by atoms with van der Waals surface area (Å²) in [4.78, 5) is 60.8. The van der Waals surface area contributed by atoms with Crippen molar-refractivity contribution in [3.63, 3.8) is 0 Å². The van der Waals surface area contributed by atoms with Crippen molar-refractivity contribution in [2.75, 3.05) is 13.7 Å². The van der Waals surface area contributed by atoms with E-state index in [0.29, 0.717) is 12.8 Å². The molecule has 0 bridgehead atoms. The molecule has 1 fully saturated rings. The summed E-state index contributed by atoms with van der Waals surface area (Å²) in [7, 11) is -0.886. The zero-order valence-corrected chi connectivity index (χ0v) is 40.6. The molecule has 11 nitrogen and oxygen atoms in total. The Morgan fingerprint density at radius 1 is 0.683 bits per heavy atom. The van der Waals surface area contributed by atoms with Crippen LogP contribution >= 0.6 is 0 Å². The molecule has 4 atom stereocenters. The number of methoxy groups -OCH3 is 1. The molecule has 1 aromatic heterocycles. The molecule has 60 heavy (non-hydrogen) atoms. The van der Waals surface area contributed by atoms with E-state index >= 15 is 0 Å². The van der Waals surface area contributed by atoms with E-state index in [-0.39, 0.29) is 36.3 Å². The Morgan fingerprint density at radius 2 is 1.08 bits per heavy atom. The monoisotopic (exact) mass is 864 g/mol. The van der Waals surface area contributed by atoms with Crippen LogP contribution in [0, 0.1) is 0 Å². The van der Waals surface area contributed by atoms with E-state index in [0.717, 1.165) is 43.6 Å². The smallest absolute Gasteiger partial charge is 0.330 e. The first-order valence-electron chi connectivity index (χ1n) is 24.4. The maximum Gasteiger partial charge on any atom is 0.330 e. The van der Waals surface area contributed by atoms with Gasteiger partial charge < -0.3 is 13.9 Å². The molecule has 0 spiro atoms. The number of carbonyl (C=O) groups excluding carboxylic acids is 2. The number of unbranched alkanes of at least 4 members (excludes halogenated alkanes) is 24. The second kappa shape index (κ2) is 30.8. The van der Waals surface area contributed by atoms with Crippen LogP contribution in [0.25, 0.3) is 0 Å². The third-order valence-electron chi connectivity index (χ3n) is 12.7. The summed E-state index contributed by atoms with van der Waals surface area (Å²) in [6, 6.07) is 1.26. The van der Waals surface area contributed by atoms with E-state index in [9.17, 15) is 19.2 Å². The molecule has 0 aromatic carbocycles. The zero-order valence-electron chi connectivity index (χ0n) is 39.6. The lowest BCUT2D eigenvalue weighted by Gasteiger charge is -2.40. The Morgan fingerprint density at radius 3 is 1.45 bits per heavy atom. The second-order valence-corrected chi connectivity index (χ2v) is 23.7. The number of hydrogen-bond donors (Lipinski definition) is 1. The highest BCUT2D eigenvalue weighted by molar-refractivity contribution is 6.74. The topological polar surface area (TPSA) is 129 Å². The van der Waals surface area contributed by atoms with Gasteiger partial charge in [-0.15, -0.1) is 0 Å². The van der Waals surface area contributed by atoms with Gasteiger partial charge in [-0.2, -0.15) is 5.06 Å². The zero-order chi connectivity index (χ0) is 44.2. The van der Waals surface area contributed by atoms with E-state index in [4.69, 9.17) is 18.7 Å². The third-order valence-corrected chi connectivity index (χ3v) is 17.2. The van der Waals surface area contributed by atoms with E-state index < -0.39 is 44.1 Å². The standard InChI is InChI=1S/C48H89N3O8Si/c1-9-11-13-15-17-19-21-23-25-27-29-31-33-35-42(53)51(43(54)36-34-32-30-28-26-24-22-20-18-16-14-12-10-2)57-39-40-44(59-60(7,8)48(3,4)5)45(56-6)46(58-40)50-38-37-41(52)49-47(50)55/h37-38,40,44-46H,9-36,39H2,1-8H3,(H,49,52,55)/t40-,44-,45-,46-/m1/s1. The minimum atomic E-state index is -2.42. The third kappa shape index (κ3) is 20.8. The number of imide groups is 1. The minimum Gasteiger partial charge on any atom is -0.408 e. The molecular weight excluding hydrogens is 775 g/mol. The number of H-pyrrole nitrogens is 1. The molecule has 1 aliphatic rings. The molecule has 0 radical (unpaired) electrons. The number of hydrogen-bond acceptors (Lipinski definition) is 8. The Hall–Kier alpha value is -2.12. The molecule has 0 unspecified atom stereocenters. The summed E-state index contributed by atoms with van der Waals surface area (Å²) in [6.45, 7) is 15.0. The lowest BCUT2D eigenvalue weighted by Crippen LogP contribution is -2.51. The van der Waals surface area contributed by atoms with Crippen molar-refractivity contribution in [3.05, 3.63) is 33.1 Å². The van der Waals surface area contributed by atoms with Gasteiger partial charge in [0.05, 0.1) is 0 Å². The predicted octanol–water partition coefficient (Wildman–Crippen LogP) is 12.1. The summed E-state index contributed by atoms with van der Waals surface area (Å²) in [6.07, 6.45) is 30.1. The average molecular weight is 864 g/mol. The largest absolute Gasteiger partial charge is 0.408 e. The van der Waals surface area contributed by atoms with Crippen LogP contribution in [0.15, 0.2) is 21.9 Å². The minimum absolute atomic E-state index is 0.149. The Kier molecular flexibility index (Phi) is 27.8. The van der Waals surface area contributed by atoms with Crippen LogP contribution in [0.4, 0.5) is 0 Å². The molecule has 12 heteroatoms. The summed E-state index contributed by atoms with van der Waals surface area (Å²) in [5.41, 5.74) is -1.15. The fourth-order valence-electron chi connectivity index (χ4n) is 7.83. The highest BCUT2D eigenvalue weighted by atomic mass is 28.4. The van der Waals surface area contributed by atoms with Crippen molar-refractivity contribution in [3.8, 4) is 0 Å². The fourth-order valence-corrected chi connectivity index (χ4v) is 9.15. The lowest BCUT2D eigenvalue weighted by atomic mass is 10.0. The molecule has 1 saturated heterocycles. The number of nitrogens with one attached hydrogen (secondary N) is 1. The number of aromatic amines is 1. The summed E-state index contributed by atoms with van der Waals surface area (Å²) < 4.78 is 20.6. The first kappa shape index (κ1) is 54.0. The molecule has 2 heterocycles. The number of hydroxylamine groups is 2. The lowest BCUT2D eigenvalue weighted by molar-refractivity contribution is -0.207. The van der Waals surface area contributed by atoms with Gasteiger partial charge in [-0.05, 0) is 31.0 Å². The fraction of sp³-hybridized carbons (Fsp3) is 0.875. The van der Waals surface area contributed by atoms with Crippen LogP contribution in [0.1, 0.15) is 221 Å². The Labute approximate surface area is 365 Å². The molecule has 1 aliphatic heterocycles. The molecule has 2 rings (SSSR count). The number of ether oxygens (including phenoxy) is 2. The first-order chi connectivity index (χ1) is 28.8. The van der Waals surface area contributed by atoms with Crippen LogP contribution in [0.5, 0.6) is 0 Å². The molecule has 0 aliphatic carbocycles. The van der Waals surface area contributed by atoms with Gasteiger partial charge in [0, 0.05) is 32.2 Å². The second-order valence-electron chi connectivity index (χ2n) is 19.0. The van der Waals surface area contributed by atoms with Crippen LogP contribution < -0.4 is 11.2 Å². The normalized spacial score (nSPS) is 18.3. The van der Waals surface area contributed by atoms with Crippen LogP contribution in [0.2, 0.25) is 18.1 Å². The van der Waals surface area contributed by atoms with E-state index in [1.807, 2.05) is 0 Å². The van der Waals surface area contributed by atoms with Crippen molar-refractivity contribution in [2.24, 2.45) is 0 Å². The van der Waals surface area contributed by atoms with E-state index in [2.05, 4.69) is 52.7 Å². The molecule has 1 aromatic rings. The summed E-state index contributed by atoms with van der Waals surface area (Å²) in [5, 5.41) is 0.832. The number of aromatic nitrogens is 2. The Balaban J connectivity index is 2.04. The van der Waals surface area contributed by atoms with Crippen LogP contribution in [-0.2, 0) is 28.3 Å². The molecular formula is C48H89N3O8Si. The van der Waals surface area contributed by atoms with Gasteiger partial charge in [-0.1, -0.05) is 189 Å². The maximum absolute atomic E-state index is 13.8. The SMILES string of the molecule is CCCCCCCCCCCCCCCC(=O)N(OC[C@H]1O[C@@H](n2ccc(=O)[nH]c2=O)[C@H](OC)[C@@H]1O[Si](C)(C)C(C)(C)C)C(=O)CCCCCCCCCCCCCCC. The van der Waals surface area contributed by atoms with E-state index in [1.165, 1.54) is 140 Å².